The predicted molar refractivity (Wildman–Crippen MR) is 100 cm³/mol. The Morgan fingerprint density at radius 2 is 1.81 bits per heavy atom. The largest absolute Gasteiger partial charge is 0.497 e. The summed E-state index contributed by atoms with van der Waals surface area (Å²) in [4.78, 5) is 28.9. The number of carbonyl (C=O) groups is 2. The number of nitrogens with zero attached hydrogens (tertiary/aromatic N) is 1. The van der Waals surface area contributed by atoms with Crippen molar-refractivity contribution < 1.29 is 14.3 Å². The van der Waals surface area contributed by atoms with Crippen molar-refractivity contribution in [3.63, 3.8) is 0 Å². The molecule has 0 spiro atoms. The van der Waals surface area contributed by atoms with Gasteiger partial charge in [-0.05, 0) is 35.9 Å². The molecule has 134 valence electrons. The van der Waals surface area contributed by atoms with Crippen molar-refractivity contribution in [1.82, 2.24) is 15.2 Å². The van der Waals surface area contributed by atoms with Crippen molar-refractivity contribution in [1.29, 1.82) is 0 Å². The molecule has 0 bridgehead atoms. The van der Waals surface area contributed by atoms with Crippen LogP contribution in [0.5, 0.6) is 5.75 Å². The van der Waals surface area contributed by atoms with E-state index in [-0.39, 0.29) is 11.8 Å². The van der Waals surface area contributed by atoms with Gasteiger partial charge < -0.3 is 19.9 Å². The van der Waals surface area contributed by atoms with E-state index < -0.39 is 0 Å². The van der Waals surface area contributed by atoms with Crippen LogP contribution in [-0.4, -0.2) is 42.9 Å². The van der Waals surface area contributed by atoms with Gasteiger partial charge in [-0.3, -0.25) is 9.59 Å². The van der Waals surface area contributed by atoms with Crippen LogP contribution < -0.4 is 10.1 Å². The molecule has 0 saturated heterocycles. The molecule has 3 aromatic rings. The molecule has 1 aromatic heterocycles. The zero-order chi connectivity index (χ0) is 18.7. The Morgan fingerprint density at radius 1 is 1.08 bits per heavy atom. The minimum atomic E-state index is -0.186. The van der Waals surface area contributed by atoms with E-state index in [1.165, 1.54) is 4.90 Å². The first-order valence-electron chi connectivity index (χ1n) is 8.23. The zero-order valence-corrected chi connectivity index (χ0v) is 15.0. The molecule has 0 fully saturated rings. The SMILES string of the molecule is COc1ccc2cc(C(=O)NCc3ccc(C(=O)N(C)C)cc3)[nH]c2c1. The fourth-order valence-electron chi connectivity index (χ4n) is 2.66. The van der Waals surface area contributed by atoms with Crippen molar-refractivity contribution in [2.24, 2.45) is 0 Å². The first-order chi connectivity index (χ1) is 12.5. The van der Waals surface area contributed by atoms with Gasteiger partial charge in [-0.2, -0.15) is 0 Å². The first kappa shape index (κ1) is 17.5. The molecule has 2 N–H and O–H groups in total. The molecule has 0 unspecified atom stereocenters. The first-order valence-corrected chi connectivity index (χ1v) is 8.23. The van der Waals surface area contributed by atoms with Crippen molar-refractivity contribution in [3.8, 4) is 5.75 Å². The minimum Gasteiger partial charge on any atom is -0.497 e. The second kappa shape index (κ2) is 7.31. The van der Waals surface area contributed by atoms with E-state index in [2.05, 4.69) is 10.3 Å². The number of fused-ring (bicyclic) bond motifs is 1. The van der Waals surface area contributed by atoms with Crippen LogP contribution >= 0.6 is 0 Å². The minimum absolute atomic E-state index is 0.0471. The maximum absolute atomic E-state index is 12.4. The van der Waals surface area contributed by atoms with Crippen molar-refractivity contribution in [3.05, 3.63) is 65.4 Å². The van der Waals surface area contributed by atoms with E-state index in [0.717, 1.165) is 22.2 Å². The summed E-state index contributed by atoms with van der Waals surface area (Å²) in [6, 6.07) is 14.6. The summed E-state index contributed by atoms with van der Waals surface area (Å²) < 4.78 is 5.19. The van der Waals surface area contributed by atoms with Crippen LogP contribution in [0.3, 0.4) is 0 Å². The summed E-state index contributed by atoms with van der Waals surface area (Å²) in [5, 5.41) is 3.83. The Kier molecular flexibility index (Phi) is 4.93. The molecule has 2 aromatic carbocycles. The van der Waals surface area contributed by atoms with Crippen LogP contribution in [-0.2, 0) is 6.54 Å². The highest BCUT2D eigenvalue weighted by molar-refractivity contribution is 5.98. The van der Waals surface area contributed by atoms with Gasteiger partial charge in [0.1, 0.15) is 11.4 Å². The maximum atomic E-state index is 12.4. The molecular formula is C20H21N3O3. The summed E-state index contributed by atoms with van der Waals surface area (Å²) in [7, 11) is 5.04. The molecule has 2 amide bonds. The Labute approximate surface area is 151 Å². The number of aromatic amines is 1. The lowest BCUT2D eigenvalue weighted by molar-refractivity contribution is 0.0827. The molecule has 0 aliphatic rings. The van der Waals surface area contributed by atoms with Crippen molar-refractivity contribution in [2.75, 3.05) is 21.2 Å². The van der Waals surface area contributed by atoms with Crippen LogP contribution in [0.4, 0.5) is 0 Å². The molecule has 3 rings (SSSR count). The summed E-state index contributed by atoms with van der Waals surface area (Å²) >= 11 is 0. The number of nitrogens with one attached hydrogen (secondary N) is 2. The Morgan fingerprint density at radius 3 is 2.46 bits per heavy atom. The van der Waals surface area contributed by atoms with Crippen LogP contribution in [0.15, 0.2) is 48.5 Å². The van der Waals surface area contributed by atoms with Crippen LogP contribution in [0.25, 0.3) is 10.9 Å². The van der Waals surface area contributed by atoms with Gasteiger partial charge >= 0.3 is 0 Å². The second-order valence-corrected chi connectivity index (χ2v) is 6.22. The molecule has 6 nitrogen and oxygen atoms in total. The van der Waals surface area contributed by atoms with Gasteiger partial charge in [-0.25, -0.2) is 0 Å². The smallest absolute Gasteiger partial charge is 0.267 e. The number of H-pyrrole nitrogens is 1. The van der Waals surface area contributed by atoms with Crippen LogP contribution in [0.2, 0.25) is 0 Å². The Hall–Kier alpha value is -3.28. The standard InChI is InChI=1S/C20H21N3O3/c1-23(2)20(25)14-6-4-13(5-7-14)12-21-19(24)18-10-15-8-9-16(26-3)11-17(15)22-18/h4-11,22H,12H2,1-3H3,(H,21,24). The molecule has 0 radical (unpaired) electrons. The number of hydrogen-bond donors (Lipinski definition) is 2. The summed E-state index contributed by atoms with van der Waals surface area (Å²) in [5.41, 5.74) is 2.88. The molecule has 1 heterocycles. The topological polar surface area (TPSA) is 74.4 Å². The molecule has 6 heteroatoms. The monoisotopic (exact) mass is 351 g/mol. The summed E-state index contributed by atoms with van der Waals surface area (Å²) in [6.07, 6.45) is 0. The molecule has 0 atom stereocenters. The number of methoxy groups -OCH3 is 1. The lowest BCUT2D eigenvalue weighted by Crippen LogP contribution is -2.23. The Balaban J connectivity index is 1.66. The van der Waals surface area contributed by atoms with Gasteiger partial charge in [0.25, 0.3) is 11.8 Å². The third-order valence-corrected chi connectivity index (χ3v) is 4.13. The molecule has 0 aliphatic carbocycles. The number of hydrogen-bond acceptors (Lipinski definition) is 3. The van der Waals surface area contributed by atoms with Crippen molar-refractivity contribution in [2.45, 2.75) is 6.54 Å². The number of amides is 2. The van der Waals surface area contributed by atoms with Crippen molar-refractivity contribution >= 4 is 22.7 Å². The van der Waals surface area contributed by atoms with E-state index in [1.807, 2.05) is 36.4 Å². The van der Waals surface area contributed by atoms with E-state index in [9.17, 15) is 9.59 Å². The number of carbonyl (C=O) groups excluding carboxylic acids is 2. The summed E-state index contributed by atoms with van der Waals surface area (Å²) in [6.45, 7) is 0.383. The van der Waals surface area contributed by atoms with Gasteiger partial charge in [-0.1, -0.05) is 12.1 Å². The Bertz CT molecular complexity index is 943. The van der Waals surface area contributed by atoms with Gasteiger partial charge in [-0.15, -0.1) is 0 Å². The fourth-order valence-corrected chi connectivity index (χ4v) is 2.66. The zero-order valence-electron chi connectivity index (χ0n) is 15.0. The molecule has 26 heavy (non-hydrogen) atoms. The highest BCUT2D eigenvalue weighted by Crippen LogP contribution is 2.21. The average Bonchev–Trinajstić information content (AvgIpc) is 3.09. The number of ether oxygens (including phenoxy) is 1. The normalized spacial score (nSPS) is 10.6. The third-order valence-electron chi connectivity index (χ3n) is 4.13. The number of rotatable bonds is 5. The van der Waals surface area contributed by atoms with E-state index in [1.54, 1.807) is 33.3 Å². The molecule has 0 aliphatic heterocycles. The lowest BCUT2D eigenvalue weighted by Gasteiger charge is -2.10. The number of aromatic nitrogens is 1. The quantitative estimate of drug-likeness (QED) is 0.742. The second-order valence-electron chi connectivity index (χ2n) is 6.22. The van der Waals surface area contributed by atoms with Crippen LogP contribution in [0.1, 0.15) is 26.4 Å². The fraction of sp³-hybridized carbons (Fsp3) is 0.200. The predicted octanol–water partition coefficient (Wildman–Crippen LogP) is 2.81. The van der Waals surface area contributed by atoms with Gasteiger partial charge in [0.05, 0.1) is 7.11 Å². The highest BCUT2D eigenvalue weighted by Gasteiger charge is 2.11. The number of benzene rings is 2. The third kappa shape index (κ3) is 3.69. The lowest BCUT2D eigenvalue weighted by atomic mass is 10.1. The molecular weight excluding hydrogens is 330 g/mol. The molecule has 0 saturated carbocycles. The van der Waals surface area contributed by atoms with E-state index >= 15 is 0 Å². The summed E-state index contributed by atoms with van der Waals surface area (Å²) in [5.74, 6) is 0.501. The van der Waals surface area contributed by atoms with E-state index in [0.29, 0.717) is 17.8 Å². The maximum Gasteiger partial charge on any atom is 0.267 e. The van der Waals surface area contributed by atoms with Gasteiger partial charge in [0.15, 0.2) is 0 Å². The van der Waals surface area contributed by atoms with Crippen LogP contribution in [0, 0.1) is 0 Å². The van der Waals surface area contributed by atoms with Gasteiger partial charge in [0.2, 0.25) is 0 Å². The highest BCUT2D eigenvalue weighted by atomic mass is 16.5. The van der Waals surface area contributed by atoms with Gasteiger partial charge in [0, 0.05) is 43.2 Å². The van der Waals surface area contributed by atoms with E-state index in [4.69, 9.17) is 4.74 Å². The average molecular weight is 351 g/mol.